The summed E-state index contributed by atoms with van der Waals surface area (Å²) in [6, 6.07) is 1.34. The molecule has 17 heavy (non-hydrogen) atoms. The number of carboxylic acids is 1. The lowest BCUT2D eigenvalue weighted by molar-refractivity contribution is -0.152. The second-order valence-electron chi connectivity index (χ2n) is 3.65. The van der Waals surface area contributed by atoms with Gasteiger partial charge in [0.25, 0.3) is 0 Å². The van der Waals surface area contributed by atoms with Crippen LogP contribution in [0.2, 0.25) is 0 Å². The second-order valence-corrected chi connectivity index (χ2v) is 3.65. The summed E-state index contributed by atoms with van der Waals surface area (Å²) in [4.78, 5) is 18.6. The molecule has 0 fully saturated rings. The van der Waals surface area contributed by atoms with E-state index in [1.807, 2.05) is 0 Å². The number of hydrogen-bond acceptors (Lipinski definition) is 6. The second kappa shape index (κ2) is 4.86. The largest absolute Gasteiger partial charge is 0.481 e. The van der Waals surface area contributed by atoms with Crippen molar-refractivity contribution in [1.29, 1.82) is 0 Å². The lowest BCUT2D eigenvalue weighted by Gasteiger charge is -2.20. The van der Waals surface area contributed by atoms with Crippen LogP contribution in [-0.4, -0.2) is 40.9 Å². The number of ether oxygens (including phenoxy) is 3. The summed E-state index contributed by atoms with van der Waals surface area (Å²) in [5, 5.41) is 8.91. The summed E-state index contributed by atoms with van der Waals surface area (Å²) in [5.74, 6) is -0.663. The van der Waals surface area contributed by atoms with Crippen molar-refractivity contribution < 1.29 is 24.1 Å². The maximum Gasteiger partial charge on any atom is 0.347 e. The third kappa shape index (κ3) is 3.20. The van der Waals surface area contributed by atoms with E-state index in [9.17, 15) is 4.79 Å². The van der Waals surface area contributed by atoms with Crippen molar-refractivity contribution in [2.75, 3.05) is 14.2 Å². The van der Waals surface area contributed by atoms with Crippen molar-refractivity contribution >= 4 is 5.97 Å². The maximum atomic E-state index is 10.9. The lowest BCUT2D eigenvalue weighted by atomic mass is 10.1. The monoisotopic (exact) mass is 242 g/mol. The number of nitrogens with zero attached hydrogens (tertiary/aromatic N) is 2. The minimum absolute atomic E-state index is 0.117. The first-order valence-electron chi connectivity index (χ1n) is 4.78. The van der Waals surface area contributed by atoms with E-state index in [0.29, 0.717) is 0 Å². The Morgan fingerprint density at radius 1 is 1.24 bits per heavy atom. The standard InChI is InChI=1S/C10H14N2O5/c1-10(2,8(13)14)17-9-11-6(15-3)5-7(12-9)16-4/h5H,1-4H3,(H,13,14). The molecule has 0 radical (unpaired) electrons. The fourth-order valence-electron chi connectivity index (χ4n) is 0.910. The molecule has 0 aliphatic rings. The summed E-state index contributed by atoms with van der Waals surface area (Å²) in [6.45, 7) is 2.79. The highest BCUT2D eigenvalue weighted by atomic mass is 16.5. The summed E-state index contributed by atoms with van der Waals surface area (Å²) in [6.07, 6.45) is 0. The maximum absolute atomic E-state index is 10.9. The topological polar surface area (TPSA) is 90.8 Å². The van der Waals surface area contributed by atoms with Gasteiger partial charge in [-0.2, -0.15) is 9.97 Å². The number of aliphatic carboxylic acids is 1. The number of carbonyl (C=O) groups is 1. The highest BCUT2D eigenvalue weighted by molar-refractivity contribution is 5.76. The van der Waals surface area contributed by atoms with Crippen molar-refractivity contribution in [2.24, 2.45) is 0 Å². The zero-order chi connectivity index (χ0) is 13.1. The summed E-state index contributed by atoms with van der Waals surface area (Å²) < 4.78 is 15.0. The van der Waals surface area contributed by atoms with Crippen molar-refractivity contribution in [1.82, 2.24) is 9.97 Å². The van der Waals surface area contributed by atoms with Gasteiger partial charge in [0.15, 0.2) is 0 Å². The van der Waals surface area contributed by atoms with E-state index < -0.39 is 11.6 Å². The van der Waals surface area contributed by atoms with Gasteiger partial charge in [-0.05, 0) is 13.8 Å². The molecule has 0 saturated heterocycles. The van der Waals surface area contributed by atoms with Crippen LogP contribution < -0.4 is 14.2 Å². The molecular formula is C10H14N2O5. The van der Waals surface area contributed by atoms with Gasteiger partial charge in [0.1, 0.15) is 0 Å². The molecule has 0 bridgehead atoms. The third-order valence-electron chi connectivity index (χ3n) is 1.94. The quantitative estimate of drug-likeness (QED) is 0.813. The predicted octanol–water partition coefficient (Wildman–Crippen LogP) is 0.736. The average molecular weight is 242 g/mol. The Hall–Kier alpha value is -2.05. The minimum atomic E-state index is -1.43. The Labute approximate surface area is 98.4 Å². The molecule has 0 spiro atoms. The van der Waals surface area contributed by atoms with Gasteiger partial charge in [0, 0.05) is 0 Å². The number of carboxylic acid groups (broad SMARTS) is 1. The molecule has 0 aliphatic heterocycles. The van der Waals surface area contributed by atoms with Crippen LogP contribution >= 0.6 is 0 Å². The van der Waals surface area contributed by atoms with Gasteiger partial charge < -0.3 is 19.3 Å². The number of aromatic nitrogens is 2. The van der Waals surface area contributed by atoms with Crippen LogP contribution in [0.1, 0.15) is 13.8 Å². The Kier molecular flexibility index (Phi) is 3.72. The van der Waals surface area contributed by atoms with Crippen LogP contribution in [0.3, 0.4) is 0 Å². The van der Waals surface area contributed by atoms with E-state index in [-0.39, 0.29) is 17.8 Å². The van der Waals surface area contributed by atoms with Crippen molar-refractivity contribution in [3.8, 4) is 17.8 Å². The normalized spacial score (nSPS) is 10.8. The molecule has 0 atom stereocenters. The van der Waals surface area contributed by atoms with E-state index >= 15 is 0 Å². The van der Waals surface area contributed by atoms with E-state index in [0.717, 1.165) is 0 Å². The summed E-state index contributed by atoms with van der Waals surface area (Å²) in [7, 11) is 2.85. The van der Waals surface area contributed by atoms with Crippen LogP contribution in [0.4, 0.5) is 0 Å². The van der Waals surface area contributed by atoms with Gasteiger partial charge in [-0.25, -0.2) is 4.79 Å². The zero-order valence-electron chi connectivity index (χ0n) is 10.1. The highest BCUT2D eigenvalue weighted by Crippen LogP contribution is 2.21. The molecule has 0 aliphatic carbocycles. The highest BCUT2D eigenvalue weighted by Gasteiger charge is 2.31. The number of rotatable bonds is 5. The van der Waals surface area contributed by atoms with E-state index in [2.05, 4.69) is 9.97 Å². The summed E-state index contributed by atoms with van der Waals surface area (Å²) >= 11 is 0. The SMILES string of the molecule is COc1cc(OC)nc(OC(C)(C)C(=O)O)n1. The average Bonchev–Trinajstić information content (AvgIpc) is 2.27. The van der Waals surface area contributed by atoms with E-state index in [4.69, 9.17) is 19.3 Å². The predicted molar refractivity (Wildman–Crippen MR) is 57.5 cm³/mol. The molecule has 0 amide bonds. The third-order valence-corrected chi connectivity index (χ3v) is 1.94. The number of methoxy groups -OCH3 is 2. The van der Waals surface area contributed by atoms with Crippen molar-refractivity contribution in [2.45, 2.75) is 19.4 Å². The molecule has 1 heterocycles. The fraction of sp³-hybridized carbons (Fsp3) is 0.500. The molecule has 1 rings (SSSR count). The molecule has 0 unspecified atom stereocenters. The van der Waals surface area contributed by atoms with Gasteiger partial charge in [-0.3, -0.25) is 0 Å². The van der Waals surface area contributed by atoms with Crippen LogP contribution in [0.15, 0.2) is 6.07 Å². The van der Waals surface area contributed by atoms with Crippen LogP contribution in [0.5, 0.6) is 17.8 Å². The first-order valence-corrected chi connectivity index (χ1v) is 4.78. The first-order chi connectivity index (χ1) is 7.89. The van der Waals surface area contributed by atoms with Gasteiger partial charge in [-0.15, -0.1) is 0 Å². The molecular weight excluding hydrogens is 228 g/mol. The molecule has 94 valence electrons. The molecule has 1 aromatic heterocycles. The Bertz CT molecular complexity index is 397. The lowest BCUT2D eigenvalue weighted by Crippen LogP contribution is -2.38. The van der Waals surface area contributed by atoms with Gasteiger partial charge in [-0.1, -0.05) is 0 Å². The smallest absolute Gasteiger partial charge is 0.347 e. The summed E-state index contributed by atoms with van der Waals surface area (Å²) in [5.41, 5.74) is -1.43. The van der Waals surface area contributed by atoms with Crippen molar-refractivity contribution in [3.63, 3.8) is 0 Å². The van der Waals surface area contributed by atoms with Gasteiger partial charge >= 0.3 is 12.0 Å². The molecule has 7 nitrogen and oxygen atoms in total. The first kappa shape index (κ1) is 13.0. The fourth-order valence-corrected chi connectivity index (χ4v) is 0.910. The number of hydrogen-bond donors (Lipinski definition) is 1. The van der Waals surface area contributed by atoms with Gasteiger partial charge in [0.2, 0.25) is 17.4 Å². The van der Waals surface area contributed by atoms with Crippen molar-refractivity contribution in [3.05, 3.63) is 6.07 Å². The molecule has 1 N–H and O–H groups in total. The van der Waals surface area contributed by atoms with E-state index in [1.165, 1.54) is 34.1 Å². The van der Waals surface area contributed by atoms with E-state index in [1.54, 1.807) is 0 Å². The van der Waals surface area contributed by atoms with Crippen LogP contribution in [-0.2, 0) is 4.79 Å². The molecule has 1 aromatic rings. The Morgan fingerprint density at radius 3 is 2.06 bits per heavy atom. The Balaban J connectivity index is 3.02. The molecule has 7 heteroatoms. The molecule has 0 saturated carbocycles. The Morgan fingerprint density at radius 2 is 1.71 bits per heavy atom. The van der Waals surface area contributed by atoms with Gasteiger partial charge in [0.05, 0.1) is 20.3 Å². The van der Waals surface area contributed by atoms with Crippen LogP contribution in [0.25, 0.3) is 0 Å². The molecule has 0 aromatic carbocycles. The minimum Gasteiger partial charge on any atom is -0.481 e. The zero-order valence-corrected chi connectivity index (χ0v) is 10.1. The van der Waals surface area contributed by atoms with Crippen LogP contribution in [0, 0.1) is 0 Å².